The second-order valence-electron chi connectivity index (χ2n) is 4.84. The number of carbonyl (C=O) groups excluding carboxylic acids is 1. The van der Waals surface area contributed by atoms with Gasteiger partial charge < -0.3 is 16.4 Å². The number of primary amides is 1. The molecule has 0 spiro atoms. The van der Waals surface area contributed by atoms with Crippen molar-refractivity contribution in [3.05, 3.63) is 0 Å². The van der Waals surface area contributed by atoms with Gasteiger partial charge in [-0.05, 0) is 46.2 Å². The van der Waals surface area contributed by atoms with Gasteiger partial charge in [0.05, 0.1) is 5.54 Å². The molecule has 1 unspecified atom stereocenters. The average Bonchev–Trinajstić information content (AvgIpc) is 2.19. The minimum atomic E-state index is -0.866. The van der Waals surface area contributed by atoms with Gasteiger partial charge in [0.1, 0.15) is 0 Å². The molecule has 0 aromatic heterocycles. The van der Waals surface area contributed by atoms with E-state index in [0.29, 0.717) is 12.5 Å². The van der Waals surface area contributed by atoms with Gasteiger partial charge in [0.25, 0.3) is 0 Å². The van der Waals surface area contributed by atoms with E-state index < -0.39 is 11.4 Å². The maximum atomic E-state index is 11.0. The number of hydrogen-bond donors (Lipinski definition) is 2. The van der Waals surface area contributed by atoms with Crippen LogP contribution in [-0.2, 0) is 4.79 Å². The summed E-state index contributed by atoms with van der Waals surface area (Å²) in [5.41, 5.74) is 10.1. The van der Waals surface area contributed by atoms with Crippen molar-refractivity contribution >= 4 is 5.91 Å². The minimum absolute atomic E-state index is 0.419. The summed E-state index contributed by atoms with van der Waals surface area (Å²) in [6.45, 7) is 7.06. The van der Waals surface area contributed by atoms with Gasteiger partial charge in [-0.15, -0.1) is 0 Å². The van der Waals surface area contributed by atoms with Crippen LogP contribution in [0.1, 0.15) is 46.5 Å². The number of rotatable bonds is 8. The van der Waals surface area contributed by atoms with E-state index in [9.17, 15) is 4.79 Å². The molecule has 0 aliphatic heterocycles. The van der Waals surface area contributed by atoms with Crippen molar-refractivity contribution in [3.8, 4) is 0 Å². The Morgan fingerprint density at radius 2 is 1.88 bits per heavy atom. The number of amides is 1. The molecule has 0 bridgehead atoms. The van der Waals surface area contributed by atoms with Gasteiger partial charge >= 0.3 is 0 Å². The molecular weight excluding hydrogens is 202 g/mol. The van der Waals surface area contributed by atoms with Crippen LogP contribution >= 0.6 is 0 Å². The van der Waals surface area contributed by atoms with E-state index in [2.05, 4.69) is 25.8 Å². The molecule has 0 saturated carbocycles. The van der Waals surface area contributed by atoms with Crippen LogP contribution in [0.2, 0.25) is 0 Å². The highest BCUT2D eigenvalue weighted by molar-refractivity contribution is 5.83. The fourth-order valence-electron chi connectivity index (χ4n) is 1.91. The predicted octanol–water partition coefficient (Wildman–Crippen LogP) is 1.09. The Bertz CT molecular complexity index is 212. The van der Waals surface area contributed by atoms with E-state index in [1.165, 1.54) is 0 Å². The Hall–Kier alpha value is -0.610. The molecule has 0 rings (SSSR count). The number of nitrogens with two attached hydrogens (primary N) is 2. The van der Waals surface area contributed by atoms with Crippen molar-refractivity contribution in [1.82, 2.24) is 4.90 Å². The van der Waals surface area contributed by atoms with E-state index in [1.807, 2.05) is 0 Å². The highest BCUT2D eigenvalue weighted by Gasteiger charge is 2.25. The lowest BCUT2D eigenvalue weighted by atomic mass is 9.96. The fourth-order valence-corrected chi connectivity index (χ4v) is 1.91. The molecule has 4 nitrogen and oxygen atoms in total. The van der Waals surface area contributed by atoms with Crippen LogP contribution in [-0.4, -0.2) is 36.0 Å². The molecule has 0 saturated heterocycles. The molecule has 0 aliphatic rings. The van der Waals surface area contributed by atoms with Gasteiger partial charge in [-0.2, -0.15) is 0 Å². The van der Waals surface area contributed by atoms with Crippen molar-refractivity contribution in [2.75, 3.05) is 13.6 Å². The molecule has 16 heavy (non-hydrogen) atoms. The van der Waals surface area contributed by atoms with Crippen molar-refractivity contribution < 1.29 is 4.79 Å². The van der Waals surface area contributed by atoms with Crippen LogP contribution in [0.5, 0.6) is 0 Å². The van der Waals surface area contributed by atoms with Crippen LogP contribution < -0.4 is 11.5 Å². The van der Waals surface area contributed by atoms with Crippen molar-refractivity contribution in [1.29, 1.82) is 0 Å². The van der Waals surface area contributed by atoms with Gasteiger partial charge in [0.15, 0.2) is 0 Å². The van der Waals surface area contributed by atoms with Crippen molar-refractivity contribution in [2.24, 2.45) is 11.5 Å². The van der Waals surface area contributed by atoms with Crippen LogP contribution in [0.3, 0.4) is 0 Å². The summed E-state index contributed by atoms with van der Waals surface area (Å²) in [6, 6.07) is 0.623. The van der Waals surface area contributed by atoms with E-state index in [4.69, 9.17) is 11.5 Å². The Labute approximate surface area is 99.4 Å². The van der Waals surface area contributed by atoms with Gasteiger partial charge in [0.2, 0.25) is 5.91 Å². The van der Waals surface area contributed by atoms with Crippen LogP contribution in [0, 0.1) is 0 Å². The molecule has 1 atom stereocenters. The SMILES string of the molecule is CCC(CC)N(C)CCCC(C)(N)C(N)=O. The third-order valence-corrected chi connectivity index (χ3v) is 3.34. The zero-order valence-electron chi connectivity index (χ0n) is 11.1. The van der Waals surface area contributed by atoms with E-state index in [1.54, 1.807) is 6.92 Å². The fraction of sp³-hybridized carbons (Fsp3) is 0.917. The van der Waals surface area contributed by atoms with Gasteiger partial charge in [-0.1, -0.05) is 13.8 Å². The zero-order chi connectivity index (χ0) is 12.8. The largest absolute Gasteiger partial charge is 0.368 e. The second kappa shape index (κ2) is 6.86. The molecule has 0 radical (unpaired) electrons. The lowest BCUT2D eigenvalue weighted by Gasteiger charge is -2.27. The molecule has 0 aliphatic carbocycles. The maximum absolute atomic E-state index is 11.0. The highest BCUT2D eigenvalue weighted by Crippen LogP contribution is 2.11. The molecular formula is C12H27N3O. The molecule has 0 fully saturated rings. The Kier molecular flexibility index (Phi) is 6.60. The molecule has 4 heteroatoms. The van der Waals surface area contributed by atoms with E-state index in [0.717, 1.165) is 25.8 Å². The van der Waals surface area contributed by atoms with Crippen molar-refractivity contribution in [2.45, 2.75) is 58.0 Å². The molecule has 1 amide bonds. The molecule has 0 aromatic rings. The summed E-state index contributed by atoms with van der Waals surface area (Å²) in [4.78, 5) is 13.4. The monoisotopic (exact) mass is 229 g/mol. The quantitative estimate of drug-likeness (QED) is 0.654. The third kappa shape index (κ3) is 4.94. The minimum Gasteiger partial charge on any atom is -0.368 e. The second-order valence-corrected chi connectivity index (χ2v) is 4.84. The van der Waals surface area contributed by atoms with Crippen molar-refractivity contribution in [3.63, 3.8) is 0 Å². The third-order valence-electron chi connectivity index (χ3n) is 3.34. The lowest BCUT2D eigenvalue weighted by Crippen LogP contribution is -2.49. The van der Waals surface area contributed by atoms with Gasteiger partial charge in [-0.25, -0.2) is 0 Å². The van der Waals surface area contributed by atoms with Crippen LogP contribution in [0.4, 0.5) is 0 Å². The van der Waals surface area contributed by atoms with Gasteiger partial charge in [-0.3, -0.25) is 4.79 Å². The van der Waals surface area contributed by atoms with Crippen LogP contribution in [0.25, 0.3) is 0 Å². The summed E-state index contributed by atoms with van der Waals surface area (Å²) >= 11 is 0. The average molecular weight is 229 g/mol. The first-order valence-corrected chi connectivity index (χ1v) is 6.14. The molecule has 0 heterocycles. The summed E-state index contributed by atoms with van der Waals surface area (Å²) in [7, 11) is 2.12. The van der Waals surface area contributed by atoms with E-state index >= 15 is 0 Å². The Morgan fingerprint density at radius 3 is 2.25 bits per heavy atom. The maximum Gasteiger partial charge on any atom is 0.237 e. The summed E-state index contributed by atoms with van der Waals surface area (Å²) < 4.78 is 0. The molecule has 96 valence electrons. The topological polar surface area (TPSA) is 72.3 Å². The summed E-state index contributed by atoms with van der Waals surface area (Å²) in [5, 5.41) is 0. The van der Waals surface area contributed by atoms with Gasteiger partial charge in [0, 0.05) is 6.04 Å². The molecule has 4 N–H and O–H groups in total. The highest BCUT2D eigenvalue weighted by atomic mass is 16.1. The first kappa shape index (κ1) is 15.4. The molecule has 0 aromatic carbocycles. The Balaban J connectivity index is 3.94. The lowest BCUT2D eigenvalue weighted by molar-refractivity contribution is -0.122. The van der Waals surface area contributed by atoms with E-state index in [-0.39, 0.29) is 0 Å². The standard InChI is InChI=1S/C12H27N3O/c1-5-10(6-2)15(4)9-7-8-12(3,14)11(13)16/h10H,5-9,14H2,1-4H3,(H2,13,16). The first-order valence-electron chi connectivity index (χ1n) is 6.14. The number of carbonyl (C=O) groups is 1. The smallest absolute Gasteiger partial charge is 0.237 e. The predicted molar refractivity (Wildman–Crippen MR) is 68.0 cm³/mol. The number of nitrogens with zero attached hydrogens (tertiary/aromatic N) is 1. The summed E-state index contributed by atoms with van der Waals surface area (Å²) in [5.74, 6) is -0.419. The summed E-state index contributed by atoms with van der Waals surface area (Å²) in [6.07, 6.45) is 3.86. The zero-order valence-corrected chi connectivity index (χ0v) is 11.1. The normalized spacial score (nSPS) is 15.4. The number of hydrogen-bond acceptors (Lipinski definition) is 3. The Morgan fingerprint density at radius 1 is 1.38 bits per heavy atom. The van der Waals surface area contributed by atoms with Crippen LogP contribution in [0.15, 0.2) is 0 Å². The first-order chi connectivity index (χ1) is 7.35.